The summed E-state index contributed by atoms with van der Waals surface area (Å²) in [4.78, 5) is 0. The zero-order valence-corrected chi connectivity index (χ0v) is 12.5. The predicted molar refractivity (Wildman–Crippen MR) is 79.7 cm³/mol. The third-order valence-electron chi connectivity index (χ3n) is 3.94. The minimum absolute atomic E-state index is 0.208. The van der Waals surface area contributed by atoms with Crippen molar-refractivity contribution in [3.8, 4) is 0 Å². The zero-order valence-electron chi connectivity index (χ0n) is 12.5. The van der Waals surface area contributed by atoms with E-state index < -0.39 is 0 Å². The topological polar surface area (TPSA) is 33.3 Å². The van der Waals surface area contributed by atoms with Gasteiger partial charge in [-0.1, -0.05) is 32.0 Å². The van der Waals surface area contributed by atoms with Gasteiger partial charge < -0.3 is 15.4 Å². The van der Waals surface area contributed by atoms with E-state index in [1.54, 1.807) is 0 Å². The maximum atomic E-state index is 5.92. The summed E-state index contributed by atoms with van der Waals surface area (Å²) in [7, 11) is 2.02. The Hall–Kier alpha value is -0.900. The monoisotopic (exact) mass is 262 g/mol. The molecule has 1 aliphatic heterocycles. The van der Waals surface area contributed by atoms with Gasteiger partial charge in [0.25, 0.3) is 0 Å². The van der Waals surface area contributed by atoms with Crippen molar-refractivity contribution in [1.29, 1.82) is 0 Å². The van der Waals surface area contributed by atoms with E-state index >= 15 is 0 Å². The van der Waals surface area contributed by atoms with Crippen molar-refractivity contribution >= 4 is 0 Å². The lowest BCUT2D eigenvalue weighted by molar-refractivity contribution is 0.00523. The molecule has 0 radical (unpaired) electrons. The fourth-order valence-electron chi connectivity index (χ4n) is 2.69. The van der Waals surface area contributed by atoms with Crippen LogP contribution in [0.3, 0.4) is 0 Å². The van der Waals surface area contributed by atoms with Crippen LogP contribution in [0.1, 0.15) is 42.5 Å². The van der Waals surface area contributed by atoms with Crippen LogP contribution < -0.4 is 10.6 Å². The second kappa shape index (κ2) is 6.51. The molecule has 3 heteroatoms. The van der Waals surface area contributed by atoms with E-state index in [0.717, 1.165) is 19.7 Å². The number of nitrogens with one attached hydrogen (secondary N) is 2. The second-order valence-electron chi connectivity index (χ2n) is 5.65. The van der Waals surface area contributed by atoms with Crippen LogP contribution in [-0.4, -0.2) is 32.8 Å². The van der Waals surface area contributed by atoms with Crippen molar-refractivity contribution < 1.29 is 4.74 Å². The first kappa shape index (κ1) is 14.5. The summed E-state index contributed by atoms with van der Waals surface area (Å²) >= 11 is 0. The van der Waals surface area contributed by atoms with Gasteiger partial charge in [-0.2, -0.15) is 0 Å². The normalized spacial score (nSPS) is 21.6. The molecule has 0 saturated carbocycles. The van der Waals surface area contributed by atoms with Crippen molar-refractivity contribution in [2.45, 2.75) is 38.8 Å². The van der Waals surface area contributed by atoms with E-state index in [9.17, 15) is 0 Å². The van der Waals surface area contributed by atoms with Crippen LogP contribution in [0, 0.1) is 6.92 Å². The Labute approximate surface area is 116 Å². The van der Waals surface area contributed by atoms with Gasteiger partial charge in [0, 0.05) is 13.1 Å². The van der Waals surface area contributed by atoms with Crippen LogP contribution in [-0.2, 0) is 4.74 Å². The lowest BCUT2D eigenvalue weighted by atomic mass is 9.91. The lowest BCUT2D eigenvalue weighted by Gasteiger charge is -2.32. The molecule has 1 fully saturated rings. The summed E-state index contributed by atoms with van der Waals surface area (Å²) in [6, 6.07) is 7.05. The summed E-state index contributed by atoms with van der Waals surface area (Å²) in [6.07, 6.45) is 0.208. The summed E-state index contributed by atoms with van der Waals surface area (Å²) in [5.41, 5.74) is 4.09. The van der Waals surface area contributed by atoms with E-state index in [1.165, 1.54) is 16.7 Å². The Morgan fingerprint density at radius 2 is 2.16 bits per heavy atom. The van der Waals surface area contributed by atoms with Gasteiger partial charge in [0.2, 0.25) is 0 Å². The standard InChI is InChI=1S/C16H26N2O/c1-11(2)13-6-5-12(3)14(9-13)16(17-4)15-10-18-7-8-19-15/h5-6,9,11,15-18H,7-8,10H2,1-4H3. The molecular weight excluding hydrogens is 236 g/mol. The summed E-state index contributed by atoms with van der Waals surface area (Å²) < 4.78 is 5.92. The highest BCUT2D eigenvalue weighted by molar-refractivity contribution is 5.35. The number of ether oxygens (including phenoxy) is 1. The van der Waals surface area contributed by atoms with E-state index in [4.69, 9.17) is 4.74 Å². The molecule has 1 aliphatic rings. The van der Waals surface area contributed by atoms with Crippen molar-refractivity contribution in [3.05, 3.63) is 34.9 Å². The van der Waals surface area contributed by atoms with E-state index in [1.807, 2.05) is 7.05 Å². The second-order valence-corrected chi connectivity index (χ2v) is 5.65. The maximum absolute atomic E-state index is 5.92. The highest BCUT2D eigenvalue weighted by atomic mass is 16.5. The number of hydrogen-bond acceptors (Lipinski definition) is 3. The van der Waals surface area contributed by atoms with Crippen molar-refractivity contribution in [1.82, 2.24) is 10.6 Å². The van der Waals surface area contributed by atoms with Gasteiger partial charge in [-0.3, -0.25) is 0 Å². The molecule has 2 rings (SSSR count). The van der Waals surface area contributed by atoms with Crippen LogP contribution in [0.2, 0.25) is 0 Å². The SMILES string of the molecule is CNC(c1cc(C(C)C)ccc1C)C1CNCCO1. The molecule has 3 nitrogen and oxygen atoms in total. The van der Waals surface area contributed by atoms with Crippen LogP contribution in [0.4, 0.5) is 0 Å². The van der Waals surface area contributed by atoms with E-state index in [2.05, 4.69) is 49.6 Å². The maximum Gasteiger partial charge on any atom is 0.0894 e. The van der Waals surface area contributed by atoms with Crippen LogP contribution in [0.25, 0.3) is 0 Å². The van der Waals surface area contributed by atoms with Gasteiger partial charge in [-0.25, -0.2) is 0 Å². The third-order valence-corrected chi connectivity index (χ3v) is 3.94. The molecule has 2 atom stereocenters. The molecule has 0 spiro atoms. The first-order valence-electron chi connectivity index (χ1n) is 7.23. The average molecular weight is 262 g/mol. The molecule has 0 aromatic heterocycles. The number of benzene rings is 1. The number of rotatable bonds is 4. The molecule has 2 N–H and O–H groups in total. The van der Waals surface area contributed by atoms with E-state index in [0.29, 0.717) is 5.92 Å². The van der Waals surface area contributed by atoms with Crippen LogP contribution in [0.15, 0.2) is 18.2 Å². The Balaban J connectivity index is 2.28. The Kier molecular flexibility index (Phi) is 4.97. The first-order chi connectivity index (χ1) is 9.13. The largest absolute Gasteiger partial charge is 0.374 e. The molecule has 1 aromatic carbocycles. The number of aryl methyl sites for hydroxylation is 1. The fraction of sp³-hybridized carbons (Fsp3) is 0.625. The van der Waals surface area contributed by atoms with Gasteiger partial charge in [0.1, 0.15) is 0 Å². The average Bonchev–Trinajstić information content (AvgIpc) is 2.42. The van der Waals surface area contributed by atoms with Gasteiger partial charge in [-0.15, -0.1) is 0 Å². The molecule has 1 saturated heterocycles. The van der Waals surface area contributed by atoms with Crippen LogP contribution >= 0.6 is 0 Å². The Morgan fingerprint density at radius 1 is 1.37 bits per heavy atom. The van der Waals surface area contributed by atoms with Crippen molar-refractivity contribution in [2.24, 2.45) is 0 Å². The van der Waals surface area contributed by atoms with E-state index in [-0.39, 0.29) is 12.1 Å². The lowest BCUT2D eigenvalue weighted by Crippen LogP contribution is -2.45. The molecular formula is C16H26N2O. The highest BCUT2D eigenvalue weighted by Gasteiger charge is 2.26. The molecule has 106 valence electrons. The number of likely N-dealkylation sites (N-methyl/N-ethyl adjacent to an activating group) is 1. The Bertz CT molecular complexity index is 411. The Morgan fingerprint density at radius 3 is 2.74 bits per heavy atom. The zero-order chi connectivity index (χ0) is 13.8. The molecule has 1 aromatic rings. The molecule has 0 amide bonds. The first-order valence-corrected chi connectivity index (χ1v) is 7.23. The highest BCUT2D eigenvalue weighted by Crippen LogP contribution is 2.27. The molecule has 1 heterocycles. The third kappa shape index (κ3) is 3.35. The van der Waals surface area contributed by atoms with Crippen molar-refractivity contribution in [3.63, 3.8) is 0 Å². The smallest absolute Gasteiger partial charge is 0.0894 e. The van der Waals surface area contributed by atoms with Gasteiger partial charge >= 0.3 is 0 Å². The fourth-order valence-corrected chi connectivity index (χ4v) is 2.69. The van der Waals surface area contributed by atoms with Gasteiger partial charge in [0.05, 0.1) is 18.8 Å². The van der Waals surface area contributed by atoms with Gasteiger partial charge in [-0.05, 0) is 36.6 Å². The number of hydrogen-bond donors (Lipinski definition) is 2. The minimum Gasteiger partial charge on any atom is -0.374 e. The van der Waals surface area contributed by atoms with Crippen LogP contribution in [0.5, 0.6) is 0 Å². The number of morpholine rings is 1. The van der Waals surface area contributed by atoms with Crippen molar-refractivity contribution in [2.75, 3.05) is 26.7 Å². The molecule has 19 heavy (non-hydrogen) atoms. The quantitative estimate of drug-likeness (QED) is 0.874. The molecule has 2 unspecified atom stereocenters. The summed E-state index contributed by atoms with van der Waals surface area (Å²) in [6.45, 7) is 9.32. The predicted octanol–water partition coefficient (Wildman–Crippen LogP) is 2.37. The minimum atomic E-state index is 0.208. The molecule has 0 bridgehead atoms. The van der Waals surface area contributed by atoms with Gasteiger partial charge in [0.15, 0.2) is 0 Å². The summed E-state index contributed by atoms with van der Waals surface area (Å²) in [5.74, 6) is 0.558. The summed E-state index contributed by atoms with van der Waals surface area (Å²) in [5, 5.41) is 6.84. The molecule has 0 aliphatic carbocycles.